The molecule has 1 aliphatic rings. The quantitative estimate of drug-likeness (QED) is 0.823. The number of benzene rings is 2. The smallest absolute Gasteiger partial charge is 0.338 e. The van der Waals surface area contributed by atoms with E-state index in [1.807, 2.05) is 0 Å². The molecule has 1 fully saturated rings. The number of carbonyl (C=O) groups is 2. The fourth-order valence-corrected chi connectivity index (χ4v) is 2.54. The normalized spacial score (nSPS) is 24.8. The van der Waals surface area contributed by atoms with Gasteiger partial charge < -0.3 is 19.3 Å². The van der Waals surface area contributed by atoms with Crippen molar-refractivity contribution in [3.8, 4) is 0 Å². The maximum Gasteiger partial charge on any atom is 0.338 e. The van der Waals surface area contributed by atoms with Gasteiger partial charge in [0.15, 0.2) is 18.6 Å². The van der Waals surface area contributed by atoms with E-state index in [0.29, 0.717) is 5.56 Å². The molecule has 1 unspecified atom stereocenters. The highest BCUT2D eigenvalue weighted by atomic mass is 19.1. The first kappa shape index (κ1) is 18.0. The van der Waals surface area contributed by atoms with E-state index < -0.39 is 43.2 Å². The molecular weight excluding hydrogens is 343 g/mol. The van der Waals surface area contributed by atoms with Crippen LogP contribution in [0.25, 0.3) is 0 Å². The second kappa shape index (κ2) is 8.07. The first-order valence-electron chi connectivity index (χ1n) is 8.02. The Balaban J connectivity index is 1.56. The summed E-state index contributed by atoms with van der Waals surface area (Å²) in [5, 5.41) is 9.83. The lowest BCUT2D eigenvalue weighted by Gasteiger charge is -2.16. The lowest BCUT2D eigenvalue weighted by Crippen LogP contribution is -2.35. The van der Waals surface area contributed by atoms with Crippen molar-refractivity contribution in [2.75, 3.05) is 6.61 Å². The van der Waals surface area contributed by atoms with Crippen molar-refractivity contribution in [3.63, 3.8) is 0 Å². The van der Waals surface area contributed by atoms with Gasteiger partial charge in [-0.15, -0.1) is 0 Å². The molecule has 7 heteroatoms. The first-order chi connectivity index (χ1) is 12.6. The molecule has 26 heavy (non-hydrogen) atoms. The monoisotopic (exact) mass is 360 g/mol. The van der Waals surface area contributed by atoms with Gasteiger partial charge in [0.05, 0.1) is 11.1 Å². The minimum absolute atomic E-state index is 0.228. The molecule has 0 spiro atoms. The predicted octanol–water partition coefficient (Wildman–Crippen LogP) is 2.12. The third-order valence-electron chi connectivity index (χ3n) is 3.91. The number of alkyl halides is 1. The summed E-state index contributed by atoms with van der Waals surface area (Å²) in [6.45, 7) is -0.411. The van der Waals surface area contributed by atoms with Gasteiger partial charge in [0.2, 0.25) is 0 Å². The van der Waals surface area contributed by atoms with E-state index in [9.17, 15) is 19.1 Å². The van der Waals surface area contributed by atoms with Crippen molar-refractivity contribution >= 4 is 11.9 Å². The van der Waals surface area contributed by atoms with Gasteiger partial charge in [-0.05, 0) is 24.3 Å². The Hall–Kier alpha value is -2.77. The third-order valence-corrected chi connectivity index (χ3v) is 3.91. The number of carbonyl (C=O) groups excluding carboxylic acids is 2. The minimum atomic E-state index is -1.83. The highest BCUT2D eigenvalue weighted by Crippen LogP contribution is 2.26. The highest BCUT2D eigenvalue weighted by Gasteiger charge is 2.47. The van der Waals surface area contributed by atoms with Crippen LogP contribution in [0.2, 0.25) is 0 Å². The van der Waals surface area contributed by atoms with Gasteiger partial charge in [-0.1, -0.05) is 36.4 Å². The van der Waals surface area contributed by atoms with Crippen LogP contribution in [0.15, 0.2) is 60.7 Å². The Morgan fingerprint density at radius 1 is 0.962 bits per heavy atom. The summed E-state index contributed by atoms with van der Waals surface area (Å²) in [6.07, 6.45) is -6.20. The first-order valence-corrected chi connectivity index (χ1v) is 8.02. The highest BCUT2D eigenvalue weighted by molar-refractivity contribution is 5.89. The average Bonchev–Trinajstić information content (AvgIpc) is 2.95. The summed E-state index contributed by atoms with van der Waals surface area (Å²) >= 11 is 0. The summed E-state index contributed by atoms with van der Waals surface area (Å²) in [4.78, 5) is 23.9. The number of hydrogen-bond acceptors (Lipinski definition) is 6. The van der Waals surface area contributed by atoms with Crippen molar-refractivity contribution in [2.24, 2.45) is 0 Å². The van der Waals surface area contributed by atoms with Crippen LogP contribution >= 0.6 is 0 Å². The standard InChI is InChI=1S/C19H17FO6/c20-15-14(11-24-17(21)12-7-3-1-4-8-12)25-19(23)16(15)26-18(22)13-9-5-2-6-10-13/h1-10,14-16,19,23H,11H2/t14-,15-,16-,19?/m1/s1. The molecule has 6 nitrogen and oxygen atoms in total. The van der Waals surface area contributed by atoms with Gasteiger partial charge in [-0.3, -0.25) is 0 Å². The lowest BCUT2D eigenvalue weighted by atomic mass is 10.1. The van der Waals surface area contributed by atoms with Crippen molar-refractivity contribution in [1.82, 2.24) is 0 Å². The molecule has 136 valence electrons. The lowest BCUT2D eigenvalue weighted by molar-refractivity contribution is -0.135. The maximum absolute atomic E-state index is 14.5. The molecule has 0 radical (unpaired) electrons. The zero-order chi connectivity index (χ0) is 18.5. The Kier molecular flexibility index (Phi) is 5.60. The van der Waals surface area contributed by atoms with Crippen molar-refractivity contribution in [2.45, 2.75) is 24.7 Å². The van der Waals surface area contributed by atoms with Crippen LogP contribution in [0, 0.1) is 0 Å². The summed E-state index contributed by atoms with van der Waals surface area (Å²) in [7, 11) is 0. The van der Waals surface area contributed by atoms with Gasteiger partial charge in [0.25, 0.3) is 0 Å². The fourth-order valence-electron chi connectivity index (χ4n) is 2.54. The second-order valence-corrected chi connectivity index (χ2v) is 5.71. The van der Waals surface area contributed by atoms with E-state index in [2.05, 4.69) is 0 Å². The van der Waals surface area contributed by atoms with Crippen LogP contribution in [-0.4, -0.2) is 48.3 Å². The molecule has 0 saturated carbocycles. The summed E-state index contributed by atoms with van der Waals surface area (Å²) < 4.78 is 29.5. The molecule has 1 saturated heterocycles. The second-order valence-electron chi connectivity index (χ2n) is 5.71. The van der Waals surface area contributed by atoms with Gasteiger partial charge in [0.1, 0.15) is 12.7 Å². The fraction of sp³-hybridized carbons (Fsp3) is 0.263. The number of aliphatic hydroxyl groups is 1. The van der Waals surface area contributed by atoms with E-state index in [1.54, 1.807) is 48.5 Å². The van der Waals surface area contributed by atoms with E-state index in [4.69, 9.17) is 14.2 Å². The molecule has 4 atom stereocenters. The van der Waals surface area contributed by atoms with E-state index in [-0.39, 0.29) is 5.56 Å². The Labute approximate surface area is 149 Å². The zero-order valence-electron chi connectivity index (χ0n) is 13.7. The Bertz CT molecular complexity index is 751. The van der Waals surface area contributed by atoms with Crippen molar-refractivity contribution in [1.29, 1.82) is 0 Å². The van der Waals surface area contributed by atoms with Crippen molar-refractivity contribution < 1.29 is 33.3 Å². The third kappa shape index (κ3) is 4.07. The molecule has 3 rings (SSSR count). The number of halogens is 1. The van der Waals surface area contributed by atoms with Gasteiger partial charge in [0, 0.05) is 0 Å². The van der Waals surface area contributed by atoms with Crippen LogP contribution in [0.4, 0.5) is 4.39 Å². The number of ether oxygens (including phenoxy) is 3. The molecule has 2 aromatic carbocycles. The molecule has 0 bridgehead atoms. The summed E-state index contributed by atoms with van der Waals surface area (Å²) in [6, 6.07) is 16.2. The number of hydrogen-bond donors (Lipinski definition) is 1. The molecule has 1 N–H and O–H groups in total. The SMILES string of the molecule is O=C(OC[C@H]1OC(O)[C@H](OC(=O)c2ccccc2)[C@@H]1F)c1ccccc1. The summed E-state index contributed by atoms with van der Waals surface area (Å²) in [5.74, 6) is -1.41. The van der Waals surface area contributed by atoms with Gasteiger partial charge in [-0.25, -0.2) is 14.0 Å². The minimum Gasteiger partial charge on any atom is -0.459 e. The van der Waals surface area contributed by atoms with Crippen LogP contribution in [0.5, 0.6) is 0 Å². The van der Waals surface area contributed by atoms with Crippen LogP contribution in [0.3, 0.4) is 0 Å². The largest absolute Gasteiger partial charge is 0.459 e. The molecule has 0 aliphatic carbocycles. The molecule has 0 aromatic heterocycles. The number of esters is 2. The predicted molar refractivity (Wildman–Crippen MR) is 88.1 cm³/mol. The molecule has 0 amide bonds. The van der Waals surface area contributed by atoms with Gasteiger partial charge >= 0.3 is 11.9 Å². The van der Waals surface area contributed by atoms with Crippen molar-refractivity contribution in [3.05, 3.63) is 71.8 Å². The van der Waals surface area contributed by atoms with E-state index in [0.717, 1.165) is 0 Å². The van der Waals surface area contributed by atoms with Crippen LogP contribution < -0.4 is 0 Å². The zero-order valence-corrected chi connectivity index (χ0v) is 13.7. The molecule has 2 aromatic rings. The molecular formula is C19H17FO6. The van der Waals surface area contributed by atoms with E-state index in [1.165, 1.54) is 12.1 Å². The molecule has 1 heterocycles. The molecule has 1 aliphatic heterocycles. The number of rotatable bonds is 5. The maximum atomic E-state index is 14.5. The van der Waals surface area contributed by atoms with Crippen LogP contribution in [-0.2, 0) is 14.2 Å². The Morgan fingerprint density at radius 2 is 1.50 bits per heavy atom. The number of aliphatic hydroxyl groups excluding tert-OH is 1. The summed E-state index contributed by atoms with van der Waals surface area (Å²) in [5.41, 5.74) is 0.541. The van der Waals surface area contributed by atoms with E-state index >= 15 is 0 Å². The average molecular weight is 360 g/mol. The Morgan fingerprint density at radius 3 is 2.08 bits per heavy atom. The van der Waals surface area contributed by atoms with Gasteiger partial charge in [-0.2, -0.15) is 0 Å². The van der Waals surface area contributed by atoms with Crippen LogP contribution in [0.1, 0.15) is 20.7 Å². The topological polar surface area (TPSA) is 82.1 Å².